The third kappa shape index (κ3) is 5.37. The van der Waals surface area contributed by atoms with Gasteiger partial charge in [0.15, 0.2) is 0 Å². The van der Waals surface area contributed by atoms with Gasteiger partial charge >= 0.3 is 0 Å². The molecule has 0 spiro atoms. The largest absolute Gasteiger partial charge is 0.388 e. The number of fused-ring (bicyclic) bond motifs is 2. The smallest absolute Gasteiger partial charge is 0.262 e. The van der Waals surface area contributed by atoms with E-state index in [9.17, 15) is 19.2 Å². The molecule has 1 aliphatic carbocycles. The van der Waals surface area contributed by atoms with Gasteiger partial charge < -0.3 is 16.0 Å². The number of piperidine rings is 1. The van der Waals surface area contributed by atoms with Crippen molar-refractivity contribution in [2.45, 2.75) is 50.6 Å². The SMILES string of the molecule is N=C/C(=C\N[C@H]1C[C@H](CCCNc2ccc3c(c2)C(=O)N(C2CCC(=O)NC2=O)C3=O)C1)c1cnc2ccccc2n1. The van der Waals surface area contributed by atoms with Gasteiger partial charge in [-0.1, -0.05) is 12.1 Å². The minimum atomic E-state index is -0.966. The number of anilines is 1. The Kier molecular flexibility index (Phi) is 7.47. The van der Waals surface area contributed by atoms with Gasteiger partial charge in [-0.2, -0.15) is 0 Å². The van der Waals surface area contributed by atoms with Crippen LogP contribution in [0.1, 0.15) is 64.9 Å². The van der Waals surface area contributed by atoms with Crippen molar-refractivity contribution in [3.63, 3.8) is 0 Å². The summed E-state index contributed by atoms with van der Waals surface area (Å²) in [6.45, 7) is 0.727. The molecule has 4 amide bonds. The van der Waals surface area contributed by atoms with Crippen molar-refractivity contribution in [1.29, 1.82) is 5.41 Å². The minimum absolute atomic E-state index is 0.0937. The lowest BCUT2D eigenvalue weighted by molar-refractivity contribution is -0.136. The number of benzene rings is 2. The van der Waals surface area contributed by atoms with Crippen molar-refractivity contribution < 1.29 is 19.2 Å². The lowest BCUT2D eigenvalue weighted by Crippen LogP contribution is -2.54. The van der Waals surface area contributed by atoms with E-state index in [2.05, 4.69) is 25.9 Å². The third-order valence-electron chi connectivity index (χ3n) is 8.17. The number of imide groups is 2. The van der Waals surface area contributed by atoms with E-state index < -0.39 is 29.7 Å². The molecule has 1 unspecified atom stereocenters. The highest BCUT2D eigenvalue weighted by Crippen LogP contribution is 2.32. The molecule has 6 rings (SSSR count). The summed E-state index contributed by atoms with van der Waals surface area (Å²) in [5.74, 6) is -1.40. The van der Waals surface area contributed by atoms with Crippen molar-refractivity contribution in [2.24, 2.45) is 5.92 Å². The third-order valence-corrected chi connectivity index (χ3v) is 8.17. The van der Waals surface area contributed by atoms with Crippen LogP contribution in [0.4, 0.5) is 5.69 Å². The molecule has 2 fully saturated rings. The summed E-state index contributed by atoms with van der Waals surface area (Å²) >= 11 is 0. The standard InChI is InChI=1S/C31H31N7O4/c32-15-19(26-17-35-24-5-1-2-6-25(24)36-26)16-34-21-12-18(13-21)4-3-11-33-20-7-8-22-23(14-20)31(42)38(30(22)41)27-9-10-28(39)37-29(27)40/h1-2,5-8,14-18,21,27,32-34H,3-4,9-13H2,(H,37,39,40)/b19-16+,32-15?/t18-,21-,27?. The summed E-state index contributed by atoms with van der Waals surface area (Å²) in [5.41, 5.74) is 4.27. The van der Waals surface area contributed by atoms with Crippen molar-refractivity contribution in [2.75, 3.05) is 11.9 Å². The first-order valence-electron chi connectivity index (χ1n) is 14.2. The second-order valence-electron chi connectivity index (χ2n) is 11.0. The van der Waals surface area contributed by atoms with Crippen LogP contribution in [0.3, 0.4) is 0 Å². The minimum Gasteiger partial charge on any atom is -0.388 e. The van der Waals surface area contributed by atoms with E-state index in [4.69, 9.17) is 5.41 Å². The first-order chi connectivity index (χ1) is 20.4. The molecule has 2 aromatic carbocycles. The van der Waals surface area contributed by atoms with Crippen LogP contribution in [0.2, 0.25) is 0 Å². The van der Waals surface area contributed by atoms with E-state index in [1.54, 1.807) is 24.4 Å². The molecule has 2 aliphatic heterocycles. The Morgan fingerprint density at radius 2 is 1.83 bits per heavy atom. The van der Waals surface area contributed by atoms with Crippen LogP contribution >= 0.6 is 0 Å². The monoisotopic (exact) mass is 565 g/mol. The predicted molar refractivity (Wildman–Crippen MR) is 157 cm³/mol. The van der Waals surface area contributed by atoms with Crippen LogP contribution in [-0.2, 0) is 9.59 Å². The van der Waals surface area contributed by atoms with E-state index in [1.165, 1.54) is 6.21 Å². The van der Waals surface area contributed by atoms with Crippen LogP contribution in [-0.4, -0.2) is 63.3 Å². The van der Waals surface area contributed by atoms with Gasteiger partial charge in [0.2, 0.25) is 11.8 Å². The van der Waals surface area contributed by atoms with Gasteiger partial charge in [0.05, 0.1) is 34.1 Å². The van der Waals surface area contributed by atoms with Crippen LogP contribution in [0, 0.1) is 11.3 Å². The molecule has 11 nitrogen and oxygen atoms in total. The Morgan fingerprint density at radius 3 is 2.62 bits per heavy atom. The van der Waals surface area contributed by atoms with Gasteiger partial charge in [-0.25, -0.2) is 4.98 Å². The van der Waals surface area contributed by atoms with E-state index in [0.717, 1.165) is 53.8 Å². The highest BCUT2D eigenvalue weighted by atomic mass is 16.2. The van der Waals surface area contributed by atoms with Gasteiger partial charge in [0.1, 0.15) is 6.04 Å². The van der Waals surface area contributed by atoms with Crippen LogP contribution in [0.15, 0.2) is 54.9 Å². The van der Waals surface area contributed by atoms with Crippen LogP contribution in [0.5, 0.6) is 0 Å². The van der Waals surface area contributed by atoms with Gasteiger partial charge in [-0.15, -0.1) is 0 Å². The summed E-state index contributed by atoms with van der Waals surface area (Å²) in [7, 11) is 0. The highest BCUT2D eigenvalue weighted by Gasteiger charge is 2.44. The molecular formula is C31H31N7O4. The molecule has 1 saturated heterocycles. The second-order valence-corrected chi connectivity index (χ2v) is 11.0. The molecule has 4 N–H and O–H groups in total. The highest BCUT2D eigenvalue weighted by molar-refractivity contribution is 6.23. The number of aromatic nitrogens is 2. The number of carbonyl (C=O) groups is 4. The van der Waals surface area contributed by atoms with Gasteiger partial charge in [-0.3, -0.25) is 34.4 Å². The van der Waals surface area contributed by atoms with Gasteiger partial charge in [0.25, 0.3) is 11.8 Å². The Bertz CT molecular complexity index is 1630. The molecule has 0 radical (unpaired) electrons. The lowest BCUT2D eigenvalue weighted by atomic mass is 9.77. The van der Waals surface area contributed by atoms with Crippen LogP contribution < -0.4 is 16.0 Å². The molecular weight excluding hydrogens is 534 g/mol. The van der Waals surface area contributed by atoms with Crippen molar-refractivity contribution >= 4 is 52.1 Å². The Labute approximate surface area is 242 Å². The maximum atomic E-state index is 13.0. The van der Waals surface area contributed by atoms with E-state index >= 15 is 0 Å². The molecule has 1 atom stereocenters. The number of hydrogen-bond acceptors (Lipinski definition) is 9. The van der Waals surface area contributed by atoms with E-state index in [-0.39, 0.29) is 24.0 Å². The summed E-state index contributed by atoms with van der Waals surface area (Å²) in [6, 6.07) is 12.1. The average Bonchev–Trinajstić information content (AvgIpc) is 3.22. The molecule has 3 aliphatic rings. The van der Waals surface area contributed by atoms with Crippen molar-refractivity contribution in [1.82, 2.24) is 25.5 Å². The zero-order chi connectivity index (χ0) is 29.2. The number of nitrogens with zero attached hydrogens (tertiary/aromatic N) is 3. The Hall–Kier alpha value is -4.93. The van der Waals surface area contributed by atoms with Crippen molar-refractivity contribution in [3.05, 3.63) is 71.7 Å². The maximum absolute atomic E-state index is 13.0. The fourth-order valence-corrected chi connectivity index (χ4v) is 5.81. The number of carbonyl (C=O) groups excluding carboxylic acids is 4. The number of hydrogen-bond donors (Lipinski definition) is 4. The molecule has 3 aromatic rings. The van der Waals surface area contributed by atoms with Gasteiger partial charge in [-0.05, 0) is 68.4 Å². The topological polar surface area (TPSA) is 157 Å². The molecule has 42 heavy (non-hydrogen) atoms. The Balaban J connectivity index is 0.952. The van der Waals surface area contributed by atoms with E-state index in [0.29, 0.717) is 23.2 Å². The number of nitrogens with one attached hydrogen (secondary N) is 4. The summed E-state index contributed by atoms with van der Waals surface area (Å²) in [5, 5.41) is 16.8. The summed E-state index contributed by atoms with van der Waals surface area (Å²) in [4.78, 5) is 59.6. The van der Waals surface area contributed by atoms with E-state index in [1.807, 2.05) is 30.5 Å². The molecule has 1 saturated carbocycles. The number of para-hydroxylation sites is 2. The number of allylic oxidation sites excluding steroid dienone is 1. The lowest BCUT2D eigenvalue weighted by Gasteiger charge is -2.35. The fourth-order valence-electron chi connectivity index (χ4n) is 5.81. The fraction of sp³-hybridized carbons (Fsp3) is 0.323. The van der Waals surface area contributed by atoms with Crippen molar-refractivity contribution in [3.8, 4) is 0 Å². The molecule has 0 bridgehead atoms. The zero-order valence-corrected chi connectivity index (χ0v) is 22.9. The number of rotatable bonds is 10. The predicted octanol–water partition coefficient (Wildman–Crippen LogP) is 3.28. The maximum Gasteiger partial charge on any atom is 0.262 e. The normalized spacial score (nSPS) is 22.0. The molecule has 3 heterocycles. The first-order valence-corrected chi connectivity index (χ1v) is 14.2. The van der Waals surface area contributed by atoms with Crippen LogP contribution in [0.25, 0.3) is 16.6 Å². The molecule has 214 valence electrons. The Morgan fingerprint density at radius 1 is 1.05 bits per heavy atom. The zero-order valence-electron chi connectivity index (χ0n) is 22.9. The quantitative estimate of drug-likeness (QED) is 0.166. The number of amides is 4. The summed E-state index contributed by atoms with van der Waals surface area (Å²) in [6.07, 6.45) is 9.20. The second kappa shape index (κ2) is 11.5. The summed E-state index contributed by atoms with van der Waals surface area (Å²) < 4.78 is 0. The molecule has 1 aromatic heterocycles. The molecule has 11 heteroatoms. The van der Waals surface area contributed by atoms with Gasteiger partial charge in [0, 0.05) is 42.7 Å². The first kappa shape index (κ1) is 27.3. The average molecular weight is 566 g/mol.